The molecule has 98 valence electrons. The molecule has 0 aromatic rings. The Morgan fingerprint density at radius 3 is 2.59 bits per heavy atom. The minimum atomic E-state index is 0.266. The highest BCUT2D eigenvalue weighted by atomic mass is 16.6. The summed E-state index contributed by atoms with van der Waals surface area (Å²) >= 11 is 0. The van der Waals surface area contributed by atoms with Crippen LogP contribution in [0, 0.1) is 0 Å². The van der Waals surface area contributed by atoms with Crippen LogP contribution in [0.5, 0.6) is 0 Å². The van der Waals surface area contributed by atoms with Crippen molar-refractivity contribution >= 4 is 0 Å². The van der Waals surface area contributed by atoms with E-state index >= 15 is 0 Å². The van der Waals surface area contributed by atoms with Crippen molar-refractivity contribution in [3.63, 3.8) is 0 Å². The molecule has 1 saturated carbocycles. The Labute approximate surface area is 104 Å². The lowest BCUT2D eigenvalue weighted by molar-refractivity contribution is -0.0854. The third-order valence-corrected chi connectivity index (χ3v) is 4.66. The average Bonchev–Trinajstić information content (AvgIpc) is 2.99. The van der Waals surface area contributed by atoms with Crippen LogP contribution in [-0.2, 0) is 9.47 Å². The smallest absolute Gasteiger partial charge is 0.0817 e. The van der Waals surface area contributed by atoms with Gasteiger partial charge in [0, 0.05) is 0 Å². The van der Waals surface area contributed by atoms with E-state index in [4.69, 9.17) is 9.47 Å². The van der Waals surface area contributed by atoms with Crippen LogP contribution in [0.25, 0.3) is 0 Å². The van der Waals surface area contributed by atoms with E-state index < -0.39 is 0 Å². The minimum Gasteiger partial charge on any atom is -0.375 e. The lowest BCUT2D eigenvalue weighted by Crippen LogP contribution is -2.34. The van der Waals surface area contributed by atoms with Crippen molar-refractivity contribution < 1.29 is 9.47 Å². The minimum absolute atomic E-state index is 0.266. The fourth-order valence-corrected chi connectivity index (χ4v) is 3.61. The monoisotopic (exact) mass is 239 g/mol. The quantitative estimate of drug-likeness (QED) is 0.819. The molecule has 2 heterocycles. The molecule has 3 rings (SSSR count). The van der Waals surface area contributed by atoms with Gasteiger partial charge in [0.2, 0.25) is 0 Å². The van der Waals surface area contributed by atoms with E-state index in [0.717, 1.165) is 32.5 Å². The van der Waals surface area contributed by atoms with Gasteiger partial charge in [-0.3, -0.25) is 0 Å². The van der Waals surface area contributed by atoms with Crippen LogP contribution in [0.3, 0.4) is 0 Å². The maximum atomic E-state index is 6.26. The Bertz CT molecular complexity index is 245. The average molecular weight is 239 g/mol. The molecule has 1 aliphatic carbocycles. The molecule has 2 saturated heterocycles. The molecular formula is C14H25NO2. The topological polar surface area (TPSA) is 30.5 Å². The van der Waals surface area contributed by atoms with Crippen molar-refractivity contribution in [2.75, 3.05) is 19.7 Å². The van der Waals surface area contributed by atoms with Crippen LogP contribution in [0.1, 0.15) is 51.4 Å². The zero-order valence-electron chi connectivity index (χ0n) is 10.7. The van der Waals surface area contributed by atoms with E-state index in [1.165, 1.54) is 38.5 Å². The molecule has 3 heteroatoms. The Morgan fingerprint density at radius 1 is 1.06 bits per heavy atom. The Morgan fingerprint density at radius 2 is 1.82 bits per heavy atom. The molecule has 0 aromatic carbocycles. The first-order valence-electron chi connectivity index (χ1n) is 7.36. The second-order valence-corrected chi connectivity index (χ2v) is 5.95. The van der Waals surface area contributed by atoms with Crippen molar-refractivity contribution in [1.29, 1.82) is 0 Å². The molecule has 0 aromatic heterocycles. The summed E-state index contributed by atoms with van der Waals surface area (Å²) in [6, 6.07) is 0. The molecule has 3 aliphatic rings. The molecule has 1 N–H and O–H groups in total. The Hall–Kier alpha value is -0.120. The molecule has 1 spiro atoms. The number of ether oxygens (including phenoxy) is 2. The van der Waals surface area contributed by atoms with E-state index in [1.807, 2.05) is 0 Å². The summed E-state index contributed by atoms with van der Waals surface area (Å²) < 4.78 is 12.3. The van der Waals surface area contributed by atoms with Gasteiger partial charge in [-0.25, -0.2) is 0 Å². The van der Waals surface area contributed by atoms with Gasteiger partial charge in [-0.05, 0) is 51.6 Å². The van der Waals surface area contributed by atoms with Crippen LogP contribution in [0.4, 0.5) is 0 Å². The van der Waals surface area contributed by atoms with Gasteiger partial charge in [0.1, 0.15) is 0 Å². The van der Waals surface area contributed by atoms with Gasteiger partial charge in [-0.15, -0.1) is 0 Å². The van der Waals surface area contributed by atoms with Crippen LogP contribution in [-0.4, -0.2) is 37.5 Å². The number of hydrogen-bond donors (Lipinski definition) is 1. The molecular weight excluding hydrogens is 214 g/mol. The van der Waals surface area contributed by atoms with Crippen LogP contribution in [0.15, 0.2) is 0 Å². The Kier molecular flexibility index (Phi) is 3.69. The summed E-state index contributed by atoms with van der Waals surface area (Å²) in [6.45, 7) is 3.05. The maximum Gasteiger partial charge on any atom is 0.0817 e. The summed E-state index contributed by atoms with van der Waals surface area (Å²) in [5.74, 6) is 0. The molecule has 3 nitrogen and oxygen atoms in total. The second kappa shape index (κ2) is 5.25. The van der Waals surface area contributed by atoms with Crippen LogP contribution >= 0.6 is 0 Å². The largest absolute Gasteiger partial charge is 0.375 e. The Balaban J connectivity index is 1.41. The van der Waals surface area contributed by atoms with Gasteiger partial charge in [0.25, 0.3) is 0 Å². The van der Waals surface area contributed by atoms with Crippen molar-refractivity contribution in [1.82, 2.24) is 5.32 Å². The normalized spacial score (nSPS) is 33.5. The molecule has 17 heavy (non-hydrogen) atoms. The van der Waals surface area contributed by atoms with Crippen molar-refractivity contribution in [2.24, 2.45) is 0 Å². The molecule has 3 fully saturated rings. The molecule has 1 unspecified atom stereocenters. The standard InChI is InChI=1S/C14H25NO2/c1-2-7-14(6-1)8-3-13(17-14)11-16-12-4-9-15-10-5-12/h12-13,15H,1-11H2. The zero-order chi connectivity index (χ0) is 11.6. The predicted octanol–water partition coefficient (Wildman–Crippen LogP) is 2.25. The fraction of sp³-hybridized carbons (Fsp3) is 1.00. The number of piperidine rings is 1. The van der Waals surface area contributed by atoms with Gasteiger partial charge >= 0.3 is 0 Å². The third kappa shape index (κ3) is 2.83. The van der Waals surface area contributed by atoms with E-state index in [0.29, 0.717) is 12.2 Å². The van der Waals surface area contributed by atoms with Gasteiger partial charge < -0.3 is 14.8 Å². The zero-order valence-corrected chi connectivity index (χ0v) is 10.7. The fourth-order valence-electron chi connectivity index (χ4n) is 3.61. The lowest BCUT2D eigenvalue weighted by atomic mass is 9.98. The van der Waals surface area contributed by atoms with Crippen LogP contribution < -0.4 is 5.32 Å². The molecule has 0 amide bonds. The molecule has 0 bridgehead atoms. The lowest BCUT2D eigenvalue weighted by Gasteiger charge is -2.26. The first kappa shape index (κ1) is 11.9. The highest BCUT2D eigenvalue weighted by Crippen LogP contribution is 2.43. The van der Waals surface area contributed by atoms with E-state index in [2.05, 4.69) is 5.32 Å². The van der Waals surface area contributed by atoms with E-state index in [1.54, 1.807) is 0 Å². The summed E-state index contributed by atoms with van der Waals surface area (Å²) in [5, 5.41) is 3.37. The number of nitrogens with one attached hydrogen (secondary N) is 1. The van der Waals surface area contributed by atoms with Crippen LogP contribution in [0.2, 0.25) is 0 Å². The number of hydrogen-bond acceptors (Lipinski definition) is 3. The summed E-state index contributed by atoms with van der Waals surface area (Å²) in [5.41, 5.74) is 0.266. The third-order valence-electron chi connectivity index (χ3n) is 4.66. The summed E-state index contributed by atoms with van der Waals surface area (Å²) in [6.07, 6.45) is 11.0. The van der Waals surface area contributed by atoms with Crippen molar-refractivity contribution in [3.8, 4) is 0 Å². The maximum absolute atomic E-state index is 6.26. The SMILES string of the molecule is C1CCC2(C1)CCC(COC1CCNCC1)O2. The summed E-state index contributed by atoms with van der Waals surface area (Å²) in [4.78, 5) is 0. The van der Waals surface area contributed by atoms with Gasteiger partial charge in [-0.1, -0.05) is 12.8 Å². The van der Waals surface area contributed by atoms with Crippen molar-refractivity contribution in [3.05, 3.63) is 0 Å². The second-order valence-electron chi connectivity index (χ2n) is 5.95. The van der Waals surface area contributed by atoms with Gasteiger partial charge in [0.05, 0.1) is 24.4 Å². The predicted molar refractivity (Wildman–Crippen MR) is 67.1 cm³/mol. The molecule has 0 radical (unpaired) electrons. The van der Waals surface area contributed by atoms with Gasteiger partial charge in [0.15, 0.2) is 0 Å². The summed E-state index contributed by atoms with van der Waals surface area (Å²) in [7, 11) is 0. The van der Waals surface area contributed by atoms with E-state index in [-0.39, 0.29) is 5.60 Å². The van der Waals surface area contributed by atoms with Gasteiger partial charge in [-0.2, -0.15) is 0 Å². The van der Waals surface area contributed by atoms with Crippen molar-refractivity contribution in [2.45, 2.75) is 69.2 Å². The number of rotatable bonds is 3. The highest BCUT2D eigenvalue weighted by Gasteiger charge is 2.42. The molecule has 2 aliphatic heterocycles. The molecule has 1 atom stereocenters. The first-order chi connectivity index (χ1) is 8.36. The first-order valence-corrected chi connectivity index (χ1v) is 7.36. The highest BCUT2D eigenvalue weighted by molar-refractivity contribution is 4.92. The van der Waals surface area contributed by atoms with E-state index in [9.17, 15) is 0 Å².